The van der Waals surface area contributed by atoms with Gasteiger partial charge in [-0.3, -0.25) is 9.36 Å². The molecule has 2 aromatic rings. The molecule has 0 aliphatic carbocycles. The van der Waals surface area contributed by atoms with Crippen LogP contribution < -0.4 is 5.32 Å². The van der Waals surface area contributed by atoms with E-state index in [0.717, 1.165) is 37.4 Å². The zero-order chi connectivity index (χ0) is 14.1. The summed E-state index contributed by atoms with van der Waals surface area (Å²) < 4.78 is 1.70. The van der Waals surface area contributed by atoms with E-state index >= 15 is 0 Å². The van der Waals surface area contributed by atoms with Crippen LogP contribution in [-0.4, -0.2) is 24.1 Å². The van der Waals surface area contributed by atoms with Crippen LogP contribution in [0.3, 0.4) is 0 Å². The third-order valence-corrected chi connectivity index (χ3v) is 4.59. The number of benzene rings is 1. The standard InChI is InChI=1S/C17H22N2O/c1-12-9-13(2)17-15(5-8-19(17)11-20)16(12)10-14-3-6-18-7-4-14/h5,8-9,11,14,18H,3-4,6-7,10H2,1-2H3. The van der Waals surface area contributed by atoms with Gasteiger partial charge in [0, 0.05) is 11.6 Å². The minimum atomic E-state index is 0.764. The summed E-state index contributed by atoms with van der Waals surface area (Å²) in [7, 11) is 0. The van der Waals surface area contributed by atoms with E-state index in [9.17, 15) is 4.79 Å². The number of aromatic nitrogens is 1. The van der Waals surface area contributed by atoms with Gasteiger partial charge in [-0.25, -0.2) is 0 Å². The fraction of sp³-hybridized carbons (Fsp3) is 0.471. The Labute approximate surface area is 120 Å². The summed E-state index contributed by atoms with van der Waals surface area (Å²) in [6.45, 7) is 6.55. The summed E-state index contributed by atoms with van der Waals surface area (Å²) in [6.07, 6.45) is 6.43. The number of nitrogens with zero attached hydrogens (tertiary/aromatic N) is 1. The molecular weight excluding hydrogens is 248 g/mol. The number of aryl methyl sites for hydroxylation is 2. The lowest BCUT2D eigenvalue weighted by Gasteiger charge is -2.24. The number of fused-ring (bicyclic) bond motifs is 1. The number of nitrogens with one attached hydrogen (secondary N) is 1. The second-order valence-electron chi connectivity index (χ2n) is 5.98. The maximum absolute atomic E-state index is 11.2. The number of rotatable bonds is 3. The van der Waals surface area contributed by atoms with Crippen molar-refractivity contribution in [2.45, 2.75) is 33.1 Å². The van der Waals surface area contributed by atoms with Crippen molar-refractivity contribution in [3.05, 3.63) is 35.0 Å². The molecule has 20 heavy (non-hydrogen) atoms. The number of carbonyl (C=O) groups is 1. The first-order valence-corrected chi connectivity index (χ1v) is 7.46. The SMILES string of the molecule is Cc1cc(C)c2c(ccn2C=O)c1CC1CCNCC1. The van der Waals surface area contributed by atoms with E-state index in [1.807, 2.05) is 6.20 Å². The second kappa shape index (κ2) is 5.41. The van der Waals surface area contributed by atoms with E-state index in [4.69, 9.17) is 0 Å². The van der Waals surface area contributed by atoms with Crippen LogP contribution in [0.15, 0.2) is 18.3 Å². The largest absolute Gasteiger partial charge is 0.317 e. The Morgan fingerprint density at radius 3 is 2.75 bits per heavy atom. The molecule has 3 rings (SSSR count). The third kappa shape index (κ3) is 2.27. The van der Waals surface area contributed by atoms with Crippen LogP contribution in [0.4, 0.5) is 0 Å². The predicted octanol–water partition coefficient (Wildman–Crippen LogP) is 2.84. The first kappa shape index (κ1) is 13.4. The minimum Gasteiger partial charge on any atom is -0.317 e. The molecule has 1 N–H and O–H groups in total. The van der Waals surface area contributed by atoms with E-state index in [0.29, 0.717) is 0 Å². The van der Waals surface area contributed by atoms with Gasteiger partial charge in [-0.2, -0.15) is 0 Å². The molecule has 1 aliphatic rings. The molecule has 0 atom stereocenters. The average Bonchev–Trinajstić information content (AvgIpc) is 2.89. The molecule has 1 aromatic heterocycles. The number of carbonyl (C=O) groups excluding carboxylic acids is 1. The van der Waals surface area contributed by atoms with Gasteiger partial charge in [0.15, 0.2) is 0 Å². The Kier molecular flexibility index (Phi) is 3.62. The maximum atomic E-state index is 11.2. The monoisotopic (exact) mass is 270 g/mol. The van der Waals surface area contributed by atoms with E-state index < -0.39 is 0 Å². The van der Waals surface area contributed by atoms with Crippen LogP contribution in [-0.2, 0) is 11.2 Å². The van der Waals surface area contributed by atoms with Gasteiger partial charge in [0.2, 0.25) is 6.41 Å². The van der Waals surface area contributed by atoms with Crippen molar-refractivity contribution in [1.29, 1.82) is 0 Å². The maximum Gasteiger partial charge on any atom is 0.218 e. The van der Waals surface area contributed by atoms with Crippen LogP contribution >= 0.6 is 0 Å². The third-order valence-electron chi connectivity index (χ3n) is 4.59. The van der Waals surface area contributed by atoms with Crippen molar-refractivity contribution >= 4 is 17.3 Å². The number of hydrogen-bond acceptors (Lipinski definition) is 2. The van der Waals surface area contributed by atoms with Crippen molar-refractivity contribution in [2.24, 2.45) is 5.92 Å². The average molecular weight is 270 g/mol. The van der Waals surface area contributed by atoms with Gasteiger partial charge in [0.25, 0.3) is 0 Å². The summed E-state index contributed by atoms with van der Waals surface area (Å²) in [5, 5.41) is 4.68. The molecule has 1 saturated heterocycles. The first-order valence-electron chi connectivity index (χ1n) is 7.46. The Morgan fingerprint density at radius 2 is 2.05 bits per heavy atom. The van der Waals surface area contributed by atoms with Crippen molar-refractivity contribution < 1.29 is 4.79 Å². The number of piperidine rings is 1. The smallest absolute Gasteiger partial charge is 0.218 e. The van der Waals surface area contributed by atoms with Crippen LogP contribution in [0, 0.1) is 19.8 Å². The molecule has 0 radical (unpaired) electrons. The van der Waals surface area contributed by atoms with E-state index in [1.54, 1.807) is 4.57 Å². The van der Waals surface area contributed by atoms with E-state index in [-0.39, 0.29) is 0 Å². The molecule has 1 fully saturated rings. The summed E-state index contributed by atoms with van der Waals surface area (Å²) in [5.41, 5.74) is 5.05. The fourth-order valence-corrected chi connectivity index (χ4v) is 3.53. The first-order chi connectivity index (χ1) is 9.70. The normalized spacial score (nSPS) is 16.7. The van der Waals surface area contributed by atoms with Gasteiger partial charge in [0.05, 0.1) is 5.52 Å². The van der Waals surface area contributed by atoms with Crippen molar-refractivity contribution in [3.63, 3.8) is 0 Å². The summed E-state index contributed by atoms with van der Waals surface area (Å²) in [5.74, 6) is 0.764. The molecule has 0 unspecified atom stereocenters. The van der Waals surface area contributed by atoms with Crippen LogP contribution in [0.2, 0.25) is 0 Å². The van der Waals surface area contributed by atoms with Gasteiger partial charge in [-0.1, -0.05) is 6.07 Å². The lowest BCUT2D eigenvalue weighted by atomic mass is 9.87. The molecule has 3 nitrogen and oxygen atoms in total. The van der Waals surface area contributed by atoms with Gasteiger partial charge in [-0.15, -0.1) is 0 Å². The summed E-state index contributed by atoms with van der Waals surface area (Å²) in [4.78, 5) is 11.2. The Bertz CT molecular complexity index is 636. The lowest BCUT2D eigenvalue weighted by Crippen LogP contribution is -2.28. The molecule has 1 aliphatic heterocycles. The molecule has 106 valence electrons. The molecule has 3 heteroatoms. The predicted molar refractivity (Wildman–Crippen MR) is 82.9 cm³/mol. The van der Waals surface area contributed by atoms with E-state index in [1.165, 1.54) is 34.9 Å². The van der Waals surface area contributed by atoms with E-state index in [2.05, 4.69) is 31.3 Å². The van der Waals surface area contributed by atoms with Gasteiger partial charge in [0.1, 0.15) is 0 Å². The topological polar surface area (TPSA) is 34.0 Å². The zero-order valence-electron chi connectivity index (χ0n) is 12.3. The highest BCUT2D eigenvalue weighted by Gasteiger charge is 2.18. The zero-order valence-corrected chi connectivity index (χ0v) is 12.3. The molecule has 1 aromatic carbocycles. The lowest BCUT2D eigenvalue weighted by molar-refractivity contribution is 0.373. The highest BCUT2D eigenvalue weighted by molar-refractivity contribution is 5.91. The van der Waals surface area contributed by atoms with Crippen molar-refractivity contribution in [1.82, 2.24) is 9.88 Å². The fourth-order valence-electron chi connectivity index (χ4n) is 3.53. The quantitative estimate of drug-likeness (QED) is 0.870. The Balaban J connectivity index is 2.05. The molecule has 0 spiro atoms. The highest BCUT2D eigenvalue weighted by Crippen LogP contribution is 2.30. The molecule has 0 bridgehead atoms. The second-order valence-corrected chi connectivity index (χ2v) is 5.98. The van der Waals surface area contributed by atoms with Crippen molar-refractivity contribution in [3.8, 4) is 0 Å². The molecule has 0 saturated carbocycles. The van der Waals surface area contributed by atoms with Gasteiger partial charge in [-0.05, 0) is 74.9 Å². The van der Waals surface area contributed by atoms with Gasteiger partial charge < -0.3 is 5.32 Å². The van der Waals surface area contributed by atoms with Crippen LogP contribution in [0.5, 0.6) is 0 Å². The minimum absolute atomic E-state index is 0.764. The molecule has 0 amide bonds. The van der Waals surface area contributed by atoms with Gasteiger partial charge >= 0.3 is 0 Å². The Hall–Kier alpha value is -1.61. The van der Waals surface area contributed by atoms with Crippen molar-refractivity contribution in [2.75, 3.05) is 13.1 Å². The molecular formula is C17H22N2O. The summed E-state index contributed by atoms with van der Waals surface area (Å²) in [6, 6.07) is 4.32. The van der Waals surface area contributed by atoms with Crippen LogP contribution in [0.25, 0.3) is 10.9 Å². The Morgan fingerprint density at radius 1 is 1.30 bits per heavy atom. The van der Waals surface area contributed by atoms with Crippen LogP contribution in [0.1, 0.15) is 29.5 Å². The molecule has 2 heterocycles. The number of hydrogen-bond donors (Lipinski definition) is 1. The highest BCUT2D eigenvalue weighted by atomic mass is 16.1. The summed E-state index contributed by atoms with van der Waals surface area (Å²) >= 11 is 0.